The van der Waals surface area contributed by atoms with E-state index in [1.165, 1.54) is 0 Å². The molecule has 0 fully saturated rings. The fourth-order valence-corrected chi connectivity index (χ4v) is 2.15. The molecule has 0 bridgehead atoms. The van der Waals surface area contributed by atoms with E-state index in [0.717, 1.165) is 36.1 Å². The second-order valence-electron chi connectivity index (χ2n) is 4.61. The van der Waals surface area contributed by atoms with Crippen LogP contribution in [0, 0.1) is 0 Å². The van der Waals surface area contributed by atoms with Crippen molar-refractivity contribution in [1.82, 2.24) is 20.4 Å². The molecule has 0 atom stereocenters. The summed E-state index contributed by atoms with van der Waals surface area (Å²) in [5.74, 6) is 0.787. The number of hydrogen-bond acceptors (Lipinski definition) is 2. The maximum atomic E-state index is 5.96. The van der Waals surface area contributed by atoms with Crippen LogP contribution in [0.5, 0.6) is 0 Å². The van der Waals surface area contributed by atoms with E-state index >= 15 is 0 Å². The summed E-state index contributed by atoms with van der Waals surface area (Å²) < 4.78 is 1.92. The van der Waals surface area contributed by atoms with Gasteiger partial charge < -0.3 is 10.6 Å². The molecule has 0 aliphatic rings. The third kappa shape index (κ3) is 6.65. The largest absolute Gasteiger partial charge is 0.356 e. The Balaban J connectivity index is 0.00000242. The SMILES string of the molecule is CN=C(NCCCn1cccn1)NCc1cccc(Cl)c1.I. The first-order chi connectivity index (χ1) is 10.3. The first kappa shape index (κ1) is 18.8. The van der Waals surface area contributed by atoms with Crippen LogP contribution in [0.1, 0.15) is 12.0 Å². The van der Waals surface area contributed by atoms with Gasteiger partial charge in [-0.2, -0.15) is 5.10 Å². The van der Waals surface area contributed by atoms with Gasteiger partial charge >= 0.3 is 0 Å². The Kier molecular flexibility index (Phi) is 8.91. The van der Waals surface area contributed by atoms with E-state index in [4.69, 9.17) is 11.6 Å². The van der Waals surface area contributed by atoms with Gasteiger partial charge in [0.2, 0.25) is 0 Å². The molecule has 0 spiro atoms. The number of aromatic nitrogens is 2. The molecular weight excluding hydrogens is 413 g/mol. The molecule has 0 saturated carbocycles. The van der Waals surface area contributed by atoms with Crippen molar-refractivity contribution in [3.63, 3.8) is 0 Å². The average Bonchev–Trinajstić information content (AvgIpc) is 3.00. The van der Waals surface area contributed by atoms with Crippen LogP contribution in [-0.4, -0.2) is 29.3 Å². The van der Waals surface area contributed by atoms with Crippen molar-refractivity contribution in [2.24, 2.45) is 4.99 Å². The highest BCUT2D eigenvalue weighted by molar-refractivity contribution is 14.0. The molecule has 0 radical (unpaired) electrons. The average molecular weight is 434 g/mol. The van der Waals surface area contributed by atoms with Crippen LogP contribution in [-0.2, 0) is 13.1 Å². The molecule has 0 amide bonds. The number of hydrogen-bond donors (Lipinski definition) is 2. The minimum Gasteiger partial charge on any atom is -0.356 e. The summed E-state index contributed by atoms with van der Waals surface area (Å²) in [7, 11) is 1.76. The first-order valence-electron chi connectivity index (χ1n) is 6.94. The van der Waals surface area contributed by atoms with Crippen LogP contribution in [0.15, 0.2) is 47.7 Å². The molecule has 0 aliphatic carbocycles. The Morgan fingerprint density at radius 3 is 2.86 bits per heavy atom. The van der Waals surface area contributed by atoms with E-state index < -0.39 is 0 Å². The minimum atomic E-state index is 0. The standard InChI is InChI=1S/C15H20ClN5.HI/c1-17-15(18-7-3-9-21-10-4-8-20-21)19-12-13-5-2-6-14(16)11-13;/h2,4-6,8,10-11H,3,7,9,12H2,1H3,(H2,17,18,19);1H. The van der Waals surface area contributed by atoms with E-state index in [1.807, 2.05) is 41.2 Å². The molecular formula is C15H21ClIN5. The van der Waals surface area contributed by atoms with Gasteiger partial charge in [0.1, 0.15) is 0 Å². The highest BCUT2D eigenvalue weighted by Crippen LogP contribution is 2.10. The molecule has 1 heterocycles. The minimum absolute atomic E-state index is 0. The zero-order chi connectivity index (χ0) is 14.9. The summed E-state index contributed by atoms with van der Waals surface area (Å²) in [6, 6.07) is 9.72. The van der Waals surface area contributed by atoms with Gasteiger partial charge in [-0.1, -0.05) is 23.7 Å². The summed E-state index contributed by atoms with van der Waals surface area (Å²) in [5.41, 5.74) is 1.13. The molecule has 0 aliphatic heterocycles. The quantitative estimate of drug-likeness (QED) is 0.319. The van der Waals surface area contributed by atoms with Gasteiger partial charge in [-0.3, -0.25) is 9.67 Å². The lowest BCUT2D eigenvalue weighted by Gasteiger charge is -2.12. The second kappa shape index (κ2) is 10.4. The van der Waals surface area contributed by atoms with E-state index in [1.54, 1.807) is 13.2 Å². The summed E-state index contributed by atoms with van der Waals surface area (Å²) in [6.07, 6.45) is 4.74. The van der Waals surface area contributed by atoms with Gasteiger partial charge in [0.25, 0.3) is 0 Å². The van der Waals surface area contributed by atoms with Gasteiger partial charge in [0.05, 0.1) is 0 Å². The Labute approximate surface area is 153 Å². The molecule has 2 aromatic rings. The predicted molar refractivity (Wildman–Crippen MR) is 102 cm³/mol. The number of aryl methyl sites for hydroxylation is 1. The maximum absolute atomic E-state index is 5.96. The van der Waals surface area contributed by atoms with Crippen LogP contribution in [0.25, 0.3) is 0 Å². The lowest BCUT2D eigenvalue weighted by Crippen LogP contribution is -2.37. The molecule has 1 aromatic carbocycles. The summed E-state index contributed by atoms with van der Waals surface area (Å²) in [5, 5.41) is 11.5. The van der Waals surface area contributed by atoms with E-state index in [9.17, 15) is 0 Å². The lowest BCUT2D eigenvalue weighted by atomic mass is 10.2. The third-order valence-electron chi connectivity index (χ3n) is 2.99. The van der Waals surface area contributed by atoms with Gasteiger partial charge in [-0.25, -0.2) is 0 Å². The number of guanidine groups is 1. The molecule has 0 saturated heterocycles. The van der Waals surface area contributed by atoms with Crippen molar-refractivity contribution < 1.29 is 0 Å². The zero-order valence-corrected chi connectivity index (χ0v) is 15.6. The number of aliphatic imine (C=N–C) groups is 1. The van der Waals surface area contributed by atoms with Crippen molar-refractivity contribution in [3.05, 3.63) is 53.3 Å². The van der Waals surface area contributed by atoms with Crippen LogP contribution in [0.4, 0.5) is 0 Å². The van der Waals surface area contributed by atoms with Crippen LogP contribution >= 0.6 is 35.6 Å². The molecule has 7 heteroatoms. The first-order valence-corrected chi connectivity index (χ1v) is 7.32. The van der Waals surface area contributed by atoms with Gasteiger partial charge in [-0.05, 0) is 30.2 Å². The van der Waals surface area contributed by atoms with Crippen molar-refractivity contribution in [3.8, 4) is 0 Å². The Morgan fingerprint density at radius 1 is 1.32 bits per heavy atom. The predicted octanol–water partition coefficient (Wildman–Crippen LogP) is 2.91. The number of halogens is 2. The highest BCUT2D eigenvalue weighted by Gasteiger charge is 1.99. The van der Waals surface area contributed by atoms with E-state index in [-0.39, 0.29) is 24.0 Å². The number of nitrogens with one attached hydrogen (secondary N) is 2. The number of rotatable bonds is 6. The van der Waals surface area contributed by atoms with E-state index in [0.29, 0.717) is 6.54 Å². The van der Waals surface area contributed by atoms with Gasteiger partial charge in [0, 0.05) is 44.1 Å². The lowest BCUT2D eigenvalue weighted by molar-refractivity contribution is 0.570. The number of benzene rings is 1. The summed E-state index contributed by atoms with van der Waals surface area (Å²) in [4.78, 5) is 4.20. The smallest absolute Gasteiger partial charge is 0.191 e. The fourth-order valence-electron chi connectivity index (χ4n) is 1.93. The zero-order valence-electron chi connectivity index (χ0n) is 12.5. The van der Waals surface area contributed by atoms with Gasteiger partial charge in [0.15, 0.2) is 5.96 Å². The van der Waals surface area contributed by atoms with E-state index in [2.05, 4.69) is 20.7 Å². The van der Waals surface area contributed by atoms with Crippen molar-refractivity contribution in [2.75, 3.05) is 13.6 Å². The van der Waals surface area contributed by atoms with Gasteiger partial charge in [-0.15, -0.1) is 24.0 Å². The fraction of sp³-hybridized carbons (Fsp3) is 0.333. The van der Waals surface area contributed by atoms with Crippen LogP contribution < -0.4 is 10.6 Å². The van der Waals surface area contributed by atoms with Crippen molar-refractivity contribution in [1.29, 1.82) is 0 Å². The number of nitrogens with zero attached hydrogens (tertiary/aromatic N) is 3. The second-order valence-corrected chi connectivity index (χ2v) is 5.04. The van der Waals surface area contributed by atoms with Crippen LogP contribution in [0.3, 0.4) is 0 Å². The molecule has 2 rings (SSSR count). The topological polar surface area (TPSA) is 54.2 Å². The van der Waals surface area contributed by atoms with Crippen molar-refractivity contribution in [2.45, 2.75) is 19.5 Å². The molecule has 0 unspecified atom stereocenters. The maximum Gasteiger partial charge on any atom is 0.191 e. The monoisotopic (exact) mass is 433 g/mol. The third-order valence-corrected chi connectivity index (χ3v) is 3.22. The highest BCUT2D eigenvalue weighted by atomic mass is 127. The molecule has 2 N–H and O–H groups in total. The van der Waals surface area contributed by atoms with Crippen LogP contribution in [0.2, 0.25) is 5.02 Å². The molecule has 1 aromatic heterocycles. The Morgan fingerprint density at radius 2 is 2.18 bits per heavy atom. The summed E-state index contributed by atoms with van der Waals surface area (Å²) in [6.45, 7) is 2.43. The molecule has 120 valence electrons. The molecule has 22 heavy (non-hydrogen) atoms. The summed E-state index contributed by atoms with van der Waals surface area (Å²) >= 11 is 5.96. The van der Waals surface area contributed by atoms with Crippen molar-refractivity contribution >= 4 is 41.5 Å². The molecule has 5 nitrogen and oxygen atoms in total. The Bertz CT molecular complexity index is 571. The normalized spacial score (nSPS) is 10.9. The Hall–Kier alpha value is -1.28.